The smallest absolute Gasteiger partial charge is 0.0829 e. The van der Waals surface area contributed by atoms with Crippen molar-refractivity contribution in [2.24, 2.45) is 0 Å². The van der Waals surface area contributed by atoms with E-state index in [9.17, 15) is 0 Å². The zero-order valence-electron chi connectivity index (χ0n) is 11.5. The number of hydrogen-bond acceptors (Lipinski definition) is 2. The summed E-state index contributed by atoms with van der Waals surface area (Å²) in [5.41, 5.74) is 0.00463. The van der Waals surface area contributed by atoms with Gasteiger partial charge in [0.2, 0.25) is 0 Å². The number of ether oxygens (including phenoxy) is 1. The van der Waals surface area contributed by atoms with Crippen LogP contribution in [0.15, 0.2) is 12.7 Å². The molecule has 0 saturated carbocycles. The zero-order chi connectivity index (χ0) is 12.4. The van der Waals surface area contributed by atoms with E-state index < -0.39 is 0 Å². The second-order valence-electron chi connectivity index (χ2n) is 4.27. The maximum absolute atomic E-state index is 6.02. The van der Waals surface area contributed by atoms with Crippen molar-refractivity contribution in [1.82, 2.24) is 5.32 Å². The van der Waals surface area contributed by atoms with Gasteiger partial charge in [-0.15, -0.1) is 6.58 Å². The van der Waals surface area contributed by atoms with Crippen LogP contribution in [0.3, 0.4) is 0 Å². The van der Waals surface area contributed by atoms with E-state index in [2.05, 4.69) is 32.7 Å². The highest BCUT2D eigenvalue weighted by Gasteiger charge is 2.34. The summed E-state index contributed by atoms with van der Waals surface area (Å²) < 4.78 is 6.02. The molecule has 0 aromatic heterocycles. The van der Waals surface area contributed by atoms with Gasteiger partial charge in [-0.1, -0.05) is 19.9 Å². The van der Waals surface area contributed by atoms with Crippen LogP contribution in [0, 0.1) is 0 Å². The lowest BCUT2D eigenvalue weighted by Gasteiger charge is -2.39. The molecule has 0 amide bonds. The molecule has 0 rings (SSSR count). The molecule has 96 valence electrons. The Labute approximate surface area is 101 Å². The summed E-state index contributed by atoms with van der Waals surface area (Å²) in [4.78, 5) is 0. The van der Waals surface area contributed by atoms with Crippen molar-refractivity contribution in [2.45, 2.75) is 64.5 Å². The van der Waals surface area contributed by atoms with Crippen LogP contribution in [-0.2, 0) is 4.74 Å². The molecule has 0 fully saturated rings. The van der Waals surface area contributed by atoms with Gasteiger partial charge in [0.1, 0.15) is 0 Å². The van der Waals surface area contributed by atoms with Gasteiger partial charge in [0.25, 0.3) is 0 Å². The third kappa shape index (κ3) is 4.26. The average Bonchev–Trinajstić information content (AvgIpc) is 2.32. The first kappa shape index (κ1) is 15.7. The molecule has 0 saturated heterocycles. The second kappa shape index (κ2) is 8.77. The lowest BCUT2D eigenvalue weighted by atomic mass is 9.85. The molecule has 2 nitrogen and oxygen atoms in total. The van der Waals surface area contributed by atoms with Gasteiger partial charge >= 0.3 is 0 Å². The van der Waals surface area contributed by atoms with Crippen molar-refractivity contribution in [3.05, 3.63) is 12.7 Å². The first-order valence-corrected chi connectivity index (χ1v) is 6.62. The molecule has 1 N–H and O–H groups in total. The molecule has 0 aromatic rings. The Balaban J connectivity index is 4.48. The fourth-order valence-electron chi connectivity index (χ4n) is 2.47. The summed E-state index contributed by atoms with van der Waals surface area (Å²) in [7, 11) is 2.04. The zero-order valence-corrected chi connectivity index (χ0v) is 11.5. The highest BCUT2D eigenvalue weighted by atomic mass is 16.5. The Morgan fingerprint density at radius 1 is 1.31 bits per heavy atom. The van der Waals surface area contributed by atoms with Gasteiger partial charge in [-0.25, -0.2) is 0 Å². The van der Waals surface area contributed by atoms with Crippen LogP contribution in [0.25, 0.3) is 0 Å². The van der Waals surface area contributed by atoms with Crippen molar-refractivity contribution in [2.75, 3.05) is 13.7 Å². The van der Waals surface area contributed by atoms with Crippen LogP contribution in [0.5, 0.6) is 0 Å². The van der Waals surface area contributed by atoms with Gasteiger partial charge in [-0.3, -0.25) is 0 Å². The van der Waals surface area contributed by atoms with Gasteiger partial charge in [-0.2, -0.15) is 0 Å². The highest BCUT2D eigenvalue weighted by Crippen LogP contribution is 2.27. The van der Waals surface area contributed by atoms with Crippen LogP contribution >= 0.6 is 0 Å². The van der Waals surface area contributed by atoms with Crippen molar-refractivity contribution in [3.8, 4) is 0 Å². The molecule has 0 aliphatic carbocycles. The number of rotatable bonds is 10. The quantitative estimate of drug-likeness (QED) is 0.455. The number of likely N-dealkylation sites (N-methyl/N-ethyl adjacent to an activating group) is 1. The van der Waals surface area contributed by atoms with Crippen LogP contribution in [-0.4, -0.2) is 25.3 Å². The molecular weight excluding hydrogens is 198 g/mol. The minimum Gasteiger partial charge on any atom is -0.374 e. The molecule has 0 aromatic carbocycles. The molecule has 0 heterocycles. The van der Waals surface area contributed by atoms with Gasteiger partial charge in [-0.05, 0) is 46.1 Å². The van der Waals surface area contributed by atoms with Crippen molar-refractivity contribution in [3.63, 3.8) is 0 Å². The van der Waals surface area contributed by atoms with Crippen LogP contribution in [0.4, 0.5) is 0 Å². The molecule has 0 aliphatic heterocycles. The number of hydrogen-bond donors (Lipinski definition) is 1. The summed E-state index contributed by atoms with van der Waals surface area (Å²) in [6.07, 6.45) is 7.56. The van der Waals surface area contributed by atoms with Gasteiger partial charge in [0, 0.05) is 12.6 Å². The Morgan fingerprint density at radius 3 is 2.31 bits per heavy atom. The van der Waals surface area contributed by atoms with E-state index in [4.69, 9.17) is 4.74 Å². The summed E-state index contributed by atoms with van der Waals surface area (Å²) in [6.45, 7) is 11.1. The Morgan fingerprint density at radius 2 is 1.94 bits per heavy atom. The molecule has 0 bridgehead atoms. The summed E-state index contributed by atoms with van der Waals surface area (Å²) in [6, 6.07) is 0.447. The molecular formula is C14H29NO. The van der Waals surface area contributed by atoms with E-state index in [1.807, 2.05) is 13.1 Å². The predicted molar refractivity (Wildman–Crippen MR) is 71.8 cm³/mol. The molecule has 1 atom stereocenters. The lowest BCUT2D eigenvalue weighted by molar-refractivity contribution is -0.0725. The predicted octanol–water partition coefficient (Wildman–Crippen LogP) is 3.53. The third-order valence-corrected chi connectivity index (χ3v) is 3.51. The minimum atomic E-state index is 0.00463. The summed E-state index contributed by atoms with van der Waals surface area (Å²) in [5, 5.41) is 3.43. The highest BCUT2D eigenvalue weighted by molar-refractivity contribution is 4.91. The second-order valence-corrected chi connectivity index (χ2v) is 4.27. The Bertz CT molecular complexity index is 176. The van der Waals surface area contributed by atoms with Gasteiger partial charge < -0.3 is 10.1 Å². The van der Waals surface area contributed by atoms with Crippen LogP contribution in [0.1, 0.15) is 52.9 Å². The fourth-order valence-corrected chi connectivity index (χ4v) is 2.47. The van der Waals surface area contributed by atoms with E-state index in [1.54, 1.807) is 0 Å². The van der Waals surface area contributed by atoms with Crippen LogP contribution in [0.2, 0.25) is 0 Å². The van der Waals surface area contributed by atoms with E-state index in [1.165, 1.54) is 6.42 Å². The van der Waals surface area contributed by atoms with Crippen LogP contribution < -0.4 is 5.32 Å². The van der Waals surface area contributed by atoms with Crippen molar-refractivity contribution in [1.29, 1.82) is 0 Å². The molecule has 0 spiro atoms. The third-order valence-electron chi connectivity index (χ3n) is 3.51. The minimum absolute atomic E-state index is 0.00463. The largest absolute Gasteiger partial charge is 0.374 e. The molecule has 1 unspecified atom stereocenters. The Kier molecular flexibility index (Phi) is 8.58. The fraction of sp³-hybridized carbons (Fsp3) is 0.857. The van der Waals surface area contributed by atoms with Gasteiger partial charge in [0.05, 0.1) is 5.60 Å². The molecule has 2 heteroatoms. The first-order valence-electron chi connectivity index (χ1n) is 6.62. The molecule has 16 heavy (non-hydrogen) atoms. The van der Waals surface area contributed by atoms with Crippen molar-refractivity contribution < 1.29 is 4.74 Å². The summed E-state index contributed by atoms with van der Waals surface area (Å²) in [5.74, 6) is 0. The number of allylic oxidation sites excluding steroid dienone is 1. The topological polar surface area (TPSA) is 21.3 Å². The van der Waals surface area contributed by atoms with E-state index in [0.29, 0.717) is 6.04 Å². The molecule has 0 radical (unpaired) electrons. The standard InChI is InChI=1S/C14H29NO/c1-6-10-11-12-13(15-5)14(7-2,8-3)16-9-4/h6,13,15H,1,7-12H2,2-5H3. The van der Waals surface area contributed by atoms with Crippen molar-refractivity contribution >= 4 is 0 Å². The first-order chi connectivity index (χ1) is 7.70. The van der Waals surface area contributed by atoms with Gasteiger partial charge in [0.15, 0.2) is 0 Å². The maximum Gasteiger partial charge on any atom is 0.0829 e. The Hall–Kier alpha value is -0.340. The van der Waals surface area contributed by atoms with E-state index >= 15 is 0 Å². The lowest BCUT2D eigenvalue weighted by Crippen LogP contribution is -2.50. The SMILES string of the molecule is C=CCCCC(NC)C(CC)(CC)OCC. The number of nitrogens with one attached hydrogen (secondary N) is 1. The van der Waals surface area contributed by atoms with E-state index in [-0.39, 0.29) is 5.60 Å². The monoisotopic (exact) mass is 227 g/mol. The maximum atomic E-state index is 6.02. The summed E-state index contributed by atoms with van der Waals surface area (Å²) >= 11 is 0. The average molecular weight is 227 g/mol. The number of unbranched alkanes of at least 4 members (excludes halogenated alkanes) is 1. The normalized spacial score (nSPS) is 13.8. The van der Waals surface area contributed by atoms with E-state index in [0.717, 1.165) is 32.3 Å². The molecule has 0 aliphatic rings.